The first kappa shape index (κ1) is 15.7. The number of aryl methyl sites for hydroxylation is 1. The molecule has 128 valence electrons. The first-order valence-electron chi connectivity index (χ1n) is 8.77. The zero-order chi connectivity index (χ0) is 16.7. The van der Waals surface area contributed by atoms with Crippen LogP contribution in [0.2, 0.25) is 0 Å². The van der Waals surface area contributed by atoms with E-state index in [0.717, 1.165) is 49.3 Å². The molecule has 2 saturated heterocycles. The number of likely N-dealkylation sites (N-methyl/N-ethyl adjacent to an activating group) is 1. The van der Waals surface area contributed by atoms with Crippen molar-refractivity contribution in [3.63, 3.8) is 0 Å². The van der Waals surface area contributed by atoms with E-state index in [9.17, 15) is 4.79 Å². The average molecular weight is 327 g/mol. The summed E-state index contributed by atoms with van der Waals surface area (Å²) in [7, 11) is 4.12. The molecule has 0 N–H and O–H groups in total. The van der Waals surface area contributed by atoms with Gasteiger partial charge < -0.3 is 19.1 Å². The minimum absolute atomic E-state index is 0.119. The molecule has 3 heterocycles. The van der Waals surface area contributed by atoms with Crippen molar-refractivity contribution in [1.29, 1.82) is 0 Å². The predicted octanol–water partition coefficient (Wildman–Crippen LogP) is 1.97. The van der Waals surface area contributed by atoms with E-state index in [1.54, 1.807) is 0 Å². The number of likely N-dealkylation sites (tertiary alicyclic amines) is 1. The van der Waals surface area contributed by atoms with Crippen molar-refractivity contribution in [2.45, 2.75) is 12.5 Å². The van der Waals surface area contributed by atoms with Crippen molar-refractivity contribution in [2.75, 3.05) is 39.8 Å². The van der Waals surface area contributed by atoms with Crippen LogP contribution in [0.4, 0.5) is 0 Å². The molecule has 1 aromatic heterocycles. The molecule has 24 heavy (non-hydrogen) atoms. The summed E-state index contributed by atoms with van der Waals surface area (Å²) in [6.45, 7) is 4.33. The molecule has 0 saturated carbocycles. The van der Waals surface area contributed by atoms with E-state index in [2.05, 4.69) is 24.1 Å². The van der Waals surface area contributed by atoms with Crippen LogP contribution in [0.1, 0.15) is 16.9 Å². The van der Waals surface area contributed by atoms with Crippen LogP contribution in [0.3, 0.4) is 0 Å². The number of rotatable bonds is 1. The maximum Gasteiger partial charge on any atom is 0.270 e. The lowest BCUT2D eigenvalue weighted by atomic mass is 9.93. The lowest BCUT2D eigenvalue weighted by Gasteiger charge is -2.37. The second-order valence-corrected chi connectivity index (χ2v) is 7.12. The van der Waals surface area contributed by atoms with Crippen LogP contribution in [0.5, 0.6) is 0 Å². The Hall–Kier alpha value is -1.85. The highest BCUT2D eigenvalue weighted by Crippen LogP contribution is 2.26. The van der Waals surface area contributed by atoms with Crippen LogP contribution >= 0.6 is 0 Å². The molecule has 4 rings (SSSR count). The average Bonchev–Trinajstić information content (AvgIpc) is 2.80. The molecular formula is C19H25N3O2. The number of hydrogen-bond donors (Lipinski definition) is 0. The summed E-state index contributed by atoms with van der Waals surface area (Å²) >= 11 is 0. The number of piperidine rings is 1. The van der Waals surface area contributed by atoms with Crippen LogP contribution in [0.25, 0.3) is 10.9 Å². The summed E-state index contributed by atoms with van der Waals surface area (Å²) in [4.78, 5) is 17.4. The molecule has 5 heteroatoms. The maximum absolute atomic E-state index is 13.1. The van der Waals surface area contributed by atoms with Gasteiger partial charge in [-0.3, -0.25) is 4.79 Å². The number of amides is 1. The number of carbonyl (C=O) groups is 1. The summed E-state index contributed by atoms with van der Waals surface area (Å²) in [5.41, 5.74) is 1.86. The zero-order valence-corrected chi connectivity index (χ0v) is 14.4. The molecular weight excluding hydrogens is 302 g/mol. The fraction of sp³-hybridized carbons (Fsp3) is 0.526. The molecule has 1 amide bonds. The Kier molecular flexibility index (Phi) is 4.06. The third kappa shape index (κ3) is 2.72. The molecule has 2 aliphatic heterocycles. The lowest BCUT2D eigenvalue weighted by molar-refractivity contribution is -0.0173. The second-order valence-electron chi connectivity index (χ2n) is 7.12. The number of fused-ring (bicyclic) bond motifs is 2. The van der Waals surface area contributed by atoms with Crippen LogP contribution in [-0.2, 0) is 11.8 Å². The molecule has 0 radical (unpaired) electrons. The normalized spacial score (nSPS) is 25.5. The summed E-state index contributed by atoms with van der Waals surface area (Å²) in [6.07, 6.45) is 1.19. The van der Waals surface area contributed by atoms with Crippen molar-refractivity contribution >= 4 is 16.8 Å². The maximum atomic E-state index is 13.1. The monoisotopic (exact) mass is 327 g/mol. The highest BCUT2D eigenvalue weighted by molar-refractivity contribution is 5.98. The van der Waals surface area contributed by atoms with E-state index in [0.29, 0.717) is 12.5 Å². The van der Waals surface area contributed by atoms with Gasteiger partial charge in [-0.1, -0.05) is 18.2 Å². The third-order valence-electron chi connectivity index (χ3n) is 5.51. The van der Waals surface area contributed by atoms with Gasteiger partial charge in [-0.05, 0) is 25.6 Å². The van der Waals surface area contributed by atoms with Crippen LogP contribution < -0.4 is 0 Å². The van der Waals surface area contributed by atoms with Crippen molar-refractivity contribution in [1.82, 2.24) is 14.4 Å². The largest absolute Gasteiger partial charge is 0.375 e. The van der Waals surface area contributed by atoms with Crippen LogP contribution in [-0.4, -0.2) is 66.2 Å². The van der Waals surface area contributed by atoms with Crippen molar-refractivity contribution in [2.24, 2.45) is 13.0 Å². The molecule has 2 fully saturated rings. The van der Waals surface area contributed by atoms with Crippen LogP contribution in [0.15, 0.2) is 30.3 Å². The molecule has 0 spiro atoms. The van der Waals surface area contributed by atoms with Gasteiger partial charge in [0.15, 0.2) is 0 Å². The lowest BCUT2D eigenvalue weighted by Crippen LogP contribution is -2.49. The molecule has 1 aromatic carbocycles. The number of ether oxygens (including phenoxy) is 1. The van der Waals surface area contributed by atoms with E-state index in [-0.39, 0.29) is 12.0 Å². The van der Waals surface area contributed by atoms with E-state index >= 15 is 0 Å². The summed E-state index contributed by atoms with van der Waals surface area (Å²) < 4.78 is 8.05. The number of nitrogens with zero attached hydrogens (tertiary/aromatic N) is 3. The minimum Gasteiger partial charge on any atom is -0.375 e. The Bertz CT molecular complexity index is 754. The molecule has 2 aliphatic rings. The molecule has 5 nitrogen and oxygen atoms in total. The number of carbonyl (C=O) groups excluding carboxylic acids is 1. The van der Waals surface area contributed by atoms with E-state index in [4.69, 9.17) is 4.74 Å². The van der Waals surface area contributed by atoms with Gasteiger partial charge in [0.2, 0.25) is 0 Å². The first-order valence-corrected chi connectivity index (χ1v) is 8.77. The second kappa shape index (κ2) is 6.22. The zero-order valence-electron chi connectivity index (χ0n) is 14.4. The summed E-state index contributed by atoms with van der Waals surface area (Å²) in [5.74, 6) is 0.655. The smallest absolute Gasteiger partial charge is 0.270 e. The Labute approximate surface area is 142 Å². The van der Waals surface area contributed by atoms with E-state index in [1.807, 2.05) is 34.7 Å². The van der Waals surface area contributed by atoms with Gasteiger partial charge >= 0.3 is 0 Å². The fourth-order valence-electron chi connectivity index (χ4n) is 4.05. The SMILES string of the molecule is CN1CCOC2CN(C(=O)c3cc4ccccc4n3C)CCC2C1. The van der Waals surface area contributed by atoms with Gasteiger partial charge in [-0.25, -0.2) is 0 Å². The van der Waals surface area contributed by atoms with Gasteiger partial charge in [0.25, 0.3) is 5.91 Å². The van der Waals surface area contributed by atoms with Crippen LogP contribution in [0, 0.1) is 5.92 Å². The van der Waals surface area contributed by atoms with E-state index < -0.39 is 0 Å². The molecule has 2 unspecified atom stereocenters. The van der Waals surface area contributed by atoms with Gasteiger partial charge in [0.05, 0.1) is 12.7 Å². The van der Waals surface area contributed by atoms with Gasteiger partial charge in [0.1, 0.15) is 5.69 Å². The van der Waals surface area contributed by atoms with Crippen molar-refractivity contribution < 1.29 is 9.53 Å². The minimum atomic E-state index is 0.119. The number of benzene rings is 1. The number of para-hydroxylation sites is 1. The standard InChI is InChI=1S/C19H25N3O2/c1-20-9-10-24-18-13-22(8-7-15(18)12-20)19(23)17-11-14-5-3-4-6-16(14)21(17)2/h3-6,11,15,18H,7-10,12-13H2,1-2H3. The summed E-state index contributed by atoms with van der Waals surface area (Å²) in [6, 6.07) is 10.1. The van der Waals surface area contributed by atoms with Gasteiger partial charge in [-0.2, -0.15) is 0 Å². The summed E-state index contributed by atoms with van der Waals surface area (Å²) in [5, 5.41) is 1.12. The molecule has 0 bridgehead atoms. The van der Waals surface area contributed by atoms with Gasteiger partial charge in [-0.15, -0.1) is 0 Å². The molecule has 2 atom stereocenters. The molecule has 2 aromatic rings. The highest BCUT2D eigenvalue weighted by Gasteiger charge is 2.35. The highest BCUT2D eigenvalue weighted by atomic mass is 16.5. The first-order chi connectivity index (χ1) is 11.6. The fourth-order valence-corrected chi connectivity index (χ4v) is 4.05. The van der Waals surface area contributed by atoms with Crippen molar-refractivity contribution in [3.05, 3.63) is 36.0 Å². The Morgan fingerprint density at radius 3 is 2.83 bits per heavy atom. The topological polar surface area (TPSA) is 37.7 Å². The predicted molar refractivity (Wildman–Crippen MR) is 94.2 cm³/mol. The molecule has 0 aliphatic carbocycles. The Morgan fingerprint density at radius 2 is 2.00 bits per heavy atom. The van der Waals surface area contributed by atoms with Crippen molar-refractivity contribution in [3.8, 4) is 0 Å². The van der Waals surface area contributed by atoms with Gasteiger partial charge in [0, 0.05) is 50.0 Å². The number of aromatic nitrogens is 1. The van der Waals surface area contributed by atoms with E-state index in [1.165, 1.54) is 0 Å². The Balaban J connectivity index is 1.55. The number of hydrogen-bond acceptors (Lipinski definition) is 3. The quantitative estimate of drug-likeness (QED) is 0.804. The third-order valence-corrected chi connectivity index (χ3v) is 5.51. The Morgan fingerprint density at radius 1 is 1.17 bits per heavy atom.